The number of esters is 2. The Balaban J connectivity index is 4.53. The maximum Gasteiger partial charge on any atom is 0.336 e. The number of rotatable bonds is 9. The van der Waals surface area contributed by atoms with Crippen LogP contribution in [0.15, 0.2) is 0 Å². The quantitative estimate of drug-likeness (QED) is 0.589. The molecule has 0 fully saturated rings. The first kappa shape index (κ1) is 17.4. The summed E-state index contributed by atoms with van der Waals surface area (Å²) < 4.78 is 9.37. The molecular weight excluding hydrogens is 256 g/mol. The molecule has 2 N–H and O–H groups in total. The van der Waals surface area contributed by atoms with Crippen molar-refractivity contribution < 1.29 is 34.1 Å². The van der Waals surface area contributed by atoms with Gasteiger partial charge in [0.1, 0.15) is 0 Å². The molecule has 0 unspecified atom stereocenters. The summed E-state index contributed by atoms with van der Waals surface area (Å²) in [5.41, 5.74) is -2.49. The van der Waals surface area contributed by atoms with Crippen LogP contribution < -0.4 is 0 Å². The highest BCUT2D eigenvalue weighted by Gasteiger charge is 2.41. The van der Waals surface area contributed by atoms with Crippen molar-refractivity contribution in [2.24, 2.45) is 0 Å². The Morgan fingerprint density at radius 2 is 1.32 bits per heavy atom. The third kappa shape index (κ3) is 6.76. The highest BCUT2D eigenvalue weighted by Crippen LogP contribution is 2.18. The van der Waals surface area contributed by atoms with Crippen molar-refractivity contribution >= 4 is 17.9 Å². The molecule has 0 amide bonds. The van der Waals surface area contributed by atoms with Crippen LogP contribution in [-0.2, 0) is 23.9 Å². The topological polar surface area (TPSA) is 110 Å². The third-order valence-electron chi connectivity index (χ3n) is 2.21. The first-order chi connectivity index (χ1) is 8.85. The standard InChI is InChI=1S/C12H20O7/c1-3-5-18-9(13)7-12(17,11(15)16)8-10(14)19-6-4-2/h17H,3-8H2,1-2H3,(H,15,16). The first-order valence-corrected chi connectivity index (χ1v) is 6.12. The van der Waals surface area contributed by atoms with Gasteiger partial charge < -0.3 is 19.7 Å². The van der Waals surface area contributed by atoms with E-state index < -0.39 is 36.4 Å². The minimum Gasteiger partial charge on any atom is -0.479 e. The molecule has 110 valence electrons. The van der Waals surface area contributed by atoms with E-state index >= 15 is 0 Å². The second-order valence-electron chi connectivity index (χ2n) is 4.13. The number of aliphatic carboxylic acids is 1. The van der Waals surface area contributed by atoms with Gasteiger partial charge in [-0.05, 0) is 12.8 Å². The Labute approximate surface area is 111 Å². The second-order valence-corrected chi connectivity index (χ2v) is 4.13. The Morgan fingerprint density at radius 3 is 1.58 bits per heavy atom. The van der Waals surface area contributed by atoms with Crippen LogP contribution in [0, 0.1) is 0 Å². The van der Waals surface area contributed by atoms with Gasteiger partial charge in [0.05, 0.1) is 26.1 Å². The summed E-state index contributed by atoms with van der Waals surface area (Å²) in [5, 5.41) is 18.7. The van der Waals surface area contributed by atoms with Crippen molar-refractivity contribution in [3.05, 3.63) is 0 Å². The van der Waals surface area contributed by atoms with Gasteiger partial charge in [-0.25, -0.2) is 4.79 Å². The van der Waals surface area contributed by atoms with E-state index in [0.29, 0.717) is 12.8 Å². The van der Waals surface area contributed by atoms with Crippen LogP contribution in [0.5, 0.6) is 0 Å². The van der Waals surface area contributed by atoms with Crippen molar-refractivity contribution in [1.82, 2.24) is 0 Å². The lowest BCUT2D eigenvalue weighted by molar-refractivity contribution is -0.173. The van der Waals surface area contributed by atoms with E-state index in [1.807, 2.05) is 0 Å². The largest absolute Gasteiger partial charge is 0.479 e. The molecule has 0 radical (unpaired) electrons. The van der Waals surface area contributed by atoms with Gasteiger partial charge in [0.15, 0.2) is 5.60 Å². The summed E-state index contributed by atoms with van der Waals surface area (Å²) in [6, 6.07) is 0. The predicted octanol–water partition coefficient (Wildman–Crippen LogP) is 0.489. The predicted molar refractivity (Wildman–Crippen MR) is 64.3 cm³/mol. The Bertz CT molecular complexity index is 302. The van der Waals surface area contributed by atoms with Crippen LogP contribution in [0.3, 0.4) is 0 Å². The van der Waals surface area contributed by atoms with Crippen molar-refractivity contribution in [2.75, 3.05) is 13.2 Å². The van der Waals surface area contributed by atoms with Crippen LogP contribution in [0.4, 0.5) is 0 Å². The number of aliphatic hydroxyl groups is 1. The fourth-order valence-electron chi connectivity index (χ4n) is 1.23. The van der Waals surface area contributed by atoms with Gasteiger partial charge in [0.2, 0.25) is 0 Å². The monoisotopic (exact) mass is 276 g/mol. The number of carboxylic acid groups (broad SMARTS) is 1. The summed E-state index contributed by atoms with van der Waals surface area (Å²) in [6.07, 6.45) is -0.418. The fourth-order valence-corrected chi connectivity index (χ4v) is 1.23. The van der Waals surface area contributed by atoms with Gasteiger partial charge in [-0.3, -0.25) is 9.59 Å². The summed E-state index contributed by atoms with van der Waals surface area (Å²) in [5.74, 6) is -3.39. The molecule has 0 heterocycles. The molecule has 19 heavy (non-hydrogen) atoms. The van der Waals surface area contributed by atoms with Crippen LogP contribution in [0.1, 0.15) is 39.5 Å². The number of ether oxygens (including phenoxy) is 2. The molecule has 0 spiro atoms. The van der Waals surface area contributed by atoms with Gasteiger partial charge in [0, 0.05) is 0 Å². The summed E-state index contributed by atoms with van der Waals surface area (Å²) in [7, 11) is 0. The Hall–Kier alpha value is -1.63. The molecule has 0 aromatic carbocycles. The van der Waals surface area contributed by atoms with Gasteiger partial charge in [0.25, 0.3) is 0 Å². The van der Waals surface area contributed by atoms with Gasteiger partial charge in [-0.2, -0.15) is 0 Å². The first-order valence-electron chi connectivity index (χ1n) is 6.12. The van der Waals surface area contributed by atoms with E-state index in [-0.39, 0.29) is 13.2 Å². The van der Waals surface area contributed by atoms with Crippen molar-refractivity contribution in [2.45, 2.75) is 45.1 Å². The van der Waals surface area contributed by atoms with Gasteiger partial charge >= 0.3 is 17.9 Å². The maximum atomic E-state index is 11.3. The van der Waals surface area contributed by atoms with Gasteiger partial charge in [-0.15, -0.1) is 0 Å². The average Bonchev–Trinajstić information content (AvgIpc) is 2.33. The van der Waals surface area contributed by atoms with E-state index in [4.69, 9.17) is 5.11 Å². The molecule has 0 aliphatic rings. The number of carbonyl (C=O) groups excluding carboxylic acids is 2. The normalized spacial score (nSPS) is 10.9. The molecule has 0 atom stereocenters. The van der Waals surface area contributed by atoms with Crippen LogP contribution in [0.25, 0.3) is 0 Å². The Kier molecular flexibility index (Phi) is 7.74. The molecule has 0 bridgehead atoms. The van der Waals surface area contributed by atoms with Crippen LogP contribution in [0.2, 0.25) is 0 Å². The van der Waals surface area contributed by atoms with E-state index in [1.165, 1.54) is 0 Å². The van der Waals surface area contributed by atoms with Crippen molar-refractivity contribution in [3.8, 4) is 0 Å². The molecule has 7 nitrogen and oxygen atoms in total. The highest BCUT2D eigenvalue weighted by atomic mass is 16.5. The minimum atomic E-state index is -2.49. The summed E-state index contributed by atoms with van der Waals surface area (Å²) in [6.45, 7) is 3.82. The summed E-state index contributed by atoms with van der Waals surface area (Å²) >= 11 is 0. The molecule has 7 heteroatoms. The van der Waals surface area contributed by atoms with Gasteiger partial charge in [-0.1, -0.05) is 13.8 Å². The van der Waals surface area contributed by atoms with E-state index in [1.54, 1.807) is 13.8 Å². The van der Waals surface area contributed by atoms with E-state index in [2.05, 4.69) is 9.47 Å². The third-order valence-corrected chi connectivity index (χ3v) is 2.21. The lowest BCUT2D eigenvalue weighted by Gasteiger charge is -2.21. The number of carbonyl (C=O) groups is 3. The molecule has 0 saturated heterocycles. The maximum absolute atomic E-state index is 11.3. The second kappa shape index (κ2) is 8.47. The average molecular weight is 276 g/mol. The zero-order valence-corrected chi connectivity index (χ0v) is 11.2. The van der Waals surface area contributed by atoms with Crippen molar-refractivity contribution in [1.29, 1.82) is 0 Å². The highest BCUT2D eigenvalue weighted by molar-refractivity contribution is 5.88. The zero-order chi connectivity index (χ0) is 14.9. The lowest BCUT2D eigenvalue weighted by Crippen LogP contribution is -2.43. The molecule has 0 aliphatic heterocycles. The number of carboxylic acids is 1. The fraction of sp³-hybridized carbons (Fsp3) is 0.750. The van der Waals surface area contributed by atoms with E-state index in [0.717, 1.165) is 0 Å². The van der Waals surface area contributed by atoms with Crippen LogP contribution >= 0.6 is 0 Å². The molecule has 0 saturated carbocycles. The molecule has 0 aliphatic carbocycles. The molecule has 0 aromatic heterocycles. The SMILES string of the molecule is CCCOC(=O)CC(O)(CC(=O)OCCC)C(=O)O. The summed E-state index contributed by atoms with van der Waals surface area (Å²) in [4.78, 5) is 33.6. The molecular formula is C12H20O7. The Morgan fingerprint density at radius 1 is 0.947 bits per heavy atom. The van der Waals surface area contributed by atoms with Crippen LogP contribution in [-0.4, -0.2) is 46.9 Å². The van der Waals surface area contributed by atoms with E-state index in [9.17, 15) is 19.5 Å². The van der Waals surface area contributed by atoms with Crippen molar-refractivity contribution in [3.63, 3.8) is 0 Å². The minimum absolute atomic E-state index is 0.134. The smallest absolute Gasteiger partial charge is 0.336 e. The molecule has 0 rings (SSSR count). The number of hydrogen-bond acceptors (Lipinski definition) is 6. The molecule has 0 aromatic rings. The lowest BCUT2D eigenvalue weighted by atomic mass is 9.96. The number of hydrogen-bond donors (Lipinski definition) is 2. The zero-order valence-electron chi connectivity index (χ0n) is 11.2.